The van der Waals surface area contributed by atoms with Gasteiger partial charge in [0.1, 0.15) is 0 Å². The molecule has 0 aliphatic rings. The van der Waals surface area contributed by atoms with Gasteiger partial charge in [0.2, 0.25) is 0 Å². The summed E-state index contributed by atoms with van der Waals surface area (Å²) in [4.78, 5) is 0. The summed E-state index contributed by atoms with van der Waals surface area (Å²) in [6.45, 7) is 0. The third kappa shape index (κ3) is 65.2. The van der Waals surface area contributed by atoms with Gasteiger partial charge in [-0.3, -0.25) is 0 Å². The maximum atomic E-state index is 8.62. The second-order valence-electron chi connectivity index (χ2n) is 0.500. The summed E-state index contributed by atoms with van der Waals surface area (Å²) >= 11 is -6.00. The van der Waals surface area contributed by atoms with E-state index in [0.717, 1.165) is 0 Å². The third-order valence-corrected chi connectivity index (χ3v) is 0. The van der Waals surface area contributed by atoms with Gasteiger partial charge >= 0.3 is 53.8 Å². The van der Waals surface area contributed by atoms with Crippen molar-refractivity contribution in [2.24, 2.45) is 0 Å². The predicted molar refractivity (Wildman–Crippen MR) is 1.11 cm³/mol. The third-order valence-electron chi connectivity index (χ3n) is 0. The minimum atomic E-state index is -6.00. The topological polar surface area (TPSA) is 92.2 Å². The minimum Gasteiger partial charge on any atom is 2.00 e. The molecule has 0 aromatic rings. The van der Waals surface area contributed by atoms with Crippen LogP contribution in [0.1, 0.15) is 1.43 Å². The van der Waals surface area contributed by atoms with Crippen LogP contribution in [0.5, 0.6) is 0 Å². The normalized spacial score (nSPS) is 10.0. The van der Waals surface area contributed by atoms with Crippen molar-refractivity contribution >= 4 is 0 Å². The Balaban J connectivity index is -0.0000000800. The van der Waals surface area contributed by atoms with Gasteiger partial charge in [-0.1, -0.05) is 0 Å². The molecule has 32 valence electrons. The smallest absolute Gasteiger partial charge is 2.00 e. The van der Waals surface area contributed by atoms with Crippen molar-refractivity contribution in [3.05, 3.63) is 0 Å². The molecule has 0 fully saturated rings. The van der Waals surface area contributed by atoms with Gasteiger partial charge in [0, 0.05) is 0 Å². The fourth-order valence-electron chi connectivity index (χ4n) is 0. The first-order valence-electron chi connectivity index (χ1n) is 0.816. The Hall–Kier alpha value is 1.18. The van der Waals surface area contributed by atoms with Crippen LogP contribution in [0.3, 0.4) is 0 Å². The molecule has 0 aliphatic heterocycles. The van der Waals surface area contributed by atoms with Crippen molar-refractivity contribution in [2.45, 2.75) is 0 Å². The van der Waals surface area contributed by atoms with Crippen LogP contribution in [0.4, 0.5) is 0 Å². The first-order chi connectivity index (χ1) is 2.00. The predicted octanol–water partition coefficient (Wildman–Crippen LogP) is -4.65. The Labute approximate surface area is 53.9 Å². The second kappa shape index (κ2) is 3.21. The zero-order valence-electron chi connectivity index (χ0n) is 3.84. The van der Waals surface area contributed by atoms with Crippen molar-refractivity contribution in [2.75, 3.05) is 0 Å². The molecule has 0 amide bonds. The number of hydrogen-bond acceptors (Lipinski definition) is 4. The molecule has 6 heavy (non-hydrogen) atoms. The summed E-state index contributed by atoms with van der Waals surface area (Å²) in [5, 5.41) is 0. The summed E-state index contributed by atoms with van der Waals surface area (Å²) in [5.74, 6) is 0. The van der Waals surface area contributed by atoms with Gasteiger partial charge in [-0.25, -0.2) is 0 Å². The summed E-state index contributed by atoms with van der Waals surface area (Å²) in [5.41, 5.74) is 0. The Morgan fingerprint density at radius 1 is 1.00 bits per heavy atom. The Morgan fingerprint density at radius 3 is 1.00 bits per heavy atom. The monoisotopic (exact) mass is 177 g/mol. The molecular formula is HO4TiZn-. The molecule has 0 saturated carbocycles. The molecule has 6 heteroatoms. The zero-order chi connectivity index (χ0) is 4.50. The molecule has 0 aromatic carbocycles. The SMILES string of the molecule is [H+].[O-][Ti]([O-])([O-])[O-].[Zn+2]. The van der Waals surface area contributed by atoms with Gasteiger partial charge in [-0.2, -0.15) is 0 Å². The molecule has 0 heterocycles. The summed E-state index contributed by atoms with van der Waals surface area (Å²) in [6, 6.07) is 0. The number of rotatable bonds is 0. The van der Waals surface area contributed by atoms with Gasteiger partial charge in [-0.05, 0) is 0 Å². The molecular weight excluding hydrogens is 177 g/mol. The molecule has 0 rings (SSSR count). The first kappa shape index (κ1) is 10.2. The van der Waals surface area contributed by atoms with Crippen LogP contribution in [0.15, 0.2) is 0 Å². The fourth-order valence-corrected chi connectivity index (χ4v) is 0. The van der Waals surface area contributed by atoms with E-state index in [2.05, 4.69) is 0 Å². The molecule has 0 radical (unpaired) electrons. The summed E-state index contributed by atoms with van der Waals surface area (Å²) in [6.07, 6.45) is 0. The fraction of sp³-hybridized carbons (Fsp3) is 0. The molecule has 0 aliphatic carbocycles. The molecule has 0 unspecified atom stereocenters. The quantitative estimate of drug-likeness (QED) is 0.349. The number of hydrogen-bond donors (Lipinski definition) is 0. The van der Waals surface area contributed by atoms with E-state index >= 15 is 0 Å². The Bertz CT molecular complexity index is 27.2. The van der Waals surface area contributed by atoms with E-state index in [1.165, 1.54) is 0 Å². The van der Waals surface area contributed by atoms with Gasteiger partial charge in [0.05, 0.1) is 0 Å². The van der Waals surface area contributed by atoms with E-state index < -0.39 is 18.1 Å². The molecule has 0 N–H and O–H groups in total. The van der Waals surface area contributed by atoms with Crippen LogP contribution >= 0.6 is 0 Å². The van der Waals surface area contributed by atoms with Crippen LogP contribution in [-0.4, -0.2) is 0 Å². The van der Waals surface area contributed by atoms with Gasteiger partial charge in [0.25, 0.3) is 0 Å². The van der Waals surface area contributed by atoms with Gasteiger partial charge in [-0.15, -0.1) is 0 Å². The van der Waals surface area contributed by atoms with Crippen molar-refractivity contribution in [1.82, 2.24) is 0 Å². The van der Waals surface area contributed by atoms with Crippen LogP contribution in [0, 0.1) is 0 Å². The van der Waals surface area contributed by atoms with E-state index in [4.69, 9.17) is 14.8 Å². The van der Waals surface area contributed by atoms with Gasteiger partial charge < -0.3 is 0 Å². The van der Waals surface area contributed by atoms with Crippen molar-refractivity contribution < 1.29 is 53.8 Å². The first-order valence-corrected chi connectivity index (χ1v) is 3.37. The minimum absolute atomic E-state index is 0. The van der Waals surface area contributed by atoms with E-state index in [1.807, 2.05) is 0 Å². The molecule has 0 aromatic heterocycles. The van der Waals surface area contributed by atoms with Crippen LogP contribution < -0.4 is 14.8 Å². The average Bonchev–Trinajstić information content (AvgIpc) is 0.722. The van der Waals surface area contributed by atoms with E-state index in [9.17, 15) is 0 Å². The maximum Gasteiger partial charge on any atom is 2.00 e. The van der Waals surface area contributed by atoms with Crippen molar-refractivity contribution in [3.8, 4) is 0 Å². The standard InChI is InChI=1S/4O.Ti.Zn/q4*-1;;+2/p+1. The molecule has 0 atom stereocenters. The summed E-state index contributed by atoms with van der Waals surface area (Å²) in [7, 11) is 0. The maximum absolute atomic E-state index is 8.62. The zero-order valence-corrected chi connectivity index (χ0v) is 7.37. The van der Waals surface area contributed by atoms with E-state index in [1.54, 1.807) is 0 Å². The van der Waals surface area contributed by atoms with Crippen molar-refractivity contribution in [1.29, 1.82) is 0 Å². The van der Waals surface area contributed by atoms with Crippen LogP contribution in [-0.2, 0) is 37.6 Å². The van der Waals surface area contributed by atoms with E-state index in [-0.39, 0.29) is 20.9 Å². The van der Waals surface area contributed by atoms with Crippen molar-refractivity contribution in [3.63, 3.8) is 0 Å². The molecule has 0 bridgehead atoms. The molecule has 0 saturated heterocycles. The van der Waals surface area contributed by atoms with E-state index in [0.29, 0.717) is 0 Å². The molecule has 0 spiro atoms. The largest absolute Gasteiger partial charge is 2.00 e. The molecule has 4 nitrogen and oxygen atoms in total. The van der Waals surface area contributed by atoms with Crippen LogP contribution in [0.25, 0.3) is 0 Å². The average molecular weight is 178 g/mol. The Kier molecular flexibility index (Phi) is 5.47. The van der Waals surface area contributed by atoms with Crippen LogP contribution in [0.2, 0.25) is 0 Å². The Morgan fingerprint density at radius 2 is 1.00 bits per heavy atom. The summed E-state index contributed by atoms with van der Waals surface area (Å²) < 4.78 is 34.5. The van der Waals surface area contributed by atoms with Gasteiger partial charge in [0.15, 0.2) is 0 Å². The second-order valence-corrected chi connectivity index (χ2v) is 2.06.